The molecule has 0 spiro atoms. The van der Waals surface area contributed by atoms with Gasteiger partial charge in [0.2, 0.25) is 0 Å². The topological polar surface area (TPSA) is 55.1 Å². The van der Waals surface area contributed by atoms with Crippen LogP contribution in [0.25, 0.3) is 11.8 Å². The number of carbonyl (C=O) groups is 1. The van der Waals surface area contributed by atoms with Gasteiger partial charge in [-0.15, -0.1) is 11.6 Å². The van der Waals surface area contributed by atoms with E-state index in [-0.39, 0.29) is 5.57 Å². The highest BCUT2D eigenvalue weighted by Gasteiger charge is 2.09. The van der Waals surface area contributed by atoms with Gasteiger partial charge in [-0.2, -0.15) is 0 Å². The van der Waals surface area contributed by atoms with Gasteiger partial charge >= 0.3 is 5.97 Å². The molecule has 2 rings (SSSR count). The molecule has 4 nitrogen and oxygen atoms in total. The monoisotopic (exact) mass is 322 g/mol. The molecule has 1 heterocycles. The third-order valence-corrected chi connectivity index (χ3v) is 3.42. The van der Waals surface area contributed by atoms with Gasteiger partial charge in [-0.3, -0.25) is 0 Å². The Morgan fingerprint density at radius 1 is 1.50 bits per heavy atom. The van der Waals surface area contributed by atoms with Gasteiger partial charge < -0.3 is 9.67 Å². The second-order valence-corrected chi connectivity index (χ2v) is 5.28. The van der Waals surface area contributed by atoms with E-state index in [1.165, 1.54) is 18.5 Å². The summed E-state index contributed by atoms with van der Waals surface area (Å²) in [5.41, 5.74) is 1.88. The average Bonchev–Trinajstić information content (AvgIpc) is 2.89. The van der Waals surface area contributed by atoms with Crippen molar-refractivity contribution in [1.82, 2.24) is 9.55 Å². The number of aromatic nitrogens is 2. The van der Waals surface area contributed by atoms with Gasteiger partial charge in [0.05, 0.1) is 17.7 Å². The quantitative estimate of drug-likeness (QED) is 0.650. The van der Waals surface area contributed by atoms with Crippen molar-refractivity contribution >= 4 is 23.6 Å². The average molecular weight is 323 g/mol. The molecule has 1 aromatic carbocycles. The van der Waals surface area contributed by atoms with Crippen LogP contribution in [-0.4, -0.2) is 26.5 Å². The van der Waals surface area contributed by atoms with Gasteiger partial charge in [0.25, 0.3) is 0 Å². The summed E-state index contributed by atoms with van der Waals surface area (Å²) in [6.45, 7) is 1.82. The van der Waals surface area contributed by atoms with Gasteiger partial charge in [0.1, 0.15) is 5.82 Å². The van der Waals surface area contributed by atoms with E-state index in [1.807, 2.05) is 6.92 Å². The SMILES string of the molecule is Cc1cn(-c2ccc(C=C(CCCCl)C(=O)O)cc2F)cn1. The minimum absolute atomic E-state index is 0.214. The van der Waals surface area contributed by atoms with E-state index in [9.17, 15) is 9.18 Å². The van der Waals surface area contributed by atoms with Crippen LogP contribution in [0.3, 0.4) is 0 Å². The first kappa shape index (κ1) is 16.2. The highest BCUT2D eigenvalue weighted by atomic mass is 35.5. The van der Waals surface area contributed by atoms with Crippen molar-refractivity contribution in [2.24, 2.45) is 0 Å². The maximum absolute atomic E-state index is 14.2. The fraction of sp³-hybridized carbons (Fsp3) is 0.250. The molecule has 0 fully saturated rings. The number of aryl methyl sites for hydroxylation is 1. The Labute approximate surface area is 132 Å². The van der Waals surface area contributed by atoms with Crippen LogP contribution in [0.2, 0.25) is 0 Å². The zero-order valence-electron chi connectivity index (χ0n) is 12.1. The predicted molar refractivity (Wildman–Crippen MR) is 83.8 cm³/mol. The molecule has 1 N–H and O–H groups in total. The van der Waals surface area contributed by atoms with Gasteiger partial charge in [-0.1, -0.05) is 6.07 Å². The number of carboxylic acids is 1. The smallest absolute Gasteiger partial charge is 0.331 e. The Hall–Kier alpha value is -2.14. The molecule has 0 amide bonds. The summed E-state index contributed by atoms with van der Waals surface area (Å²) in [6.07, 6.45) is 5.64. The first-order valence-corrected chi connectivity index (χ1v) is 7.35. The zero-order valence-corrected chi connectivity index (χ0v) is 12.8. The Kier molecular flexibility index (Phi) is 5.33. The van der Waals surface area contributed by atoms with E-state index < -0.39 is 11.8 Å². The molecule has 22 heavy (non-hydrogen) atoms. The molecular formula is C16H16ClFN2O2. The summed E-state index contributed by atoms with van der Waals surface area (Å²) in [5.74, 6) is -1.06. The van der Waals surface area contributed by atoms with Crippen molar-refractivity contribution in [3.05, 3.63) is 53.4 Å². The lowest BCUT2D eigenvalue weighted by Gasteiger charge is -2.06. The van der Waals surface area contributed by atoms with E-state index in [0.717, 1.165) is 5.69 Å². The molecule has 0 aliphatic heterocycles. The largest absolute Gasteiger partial charge is 0.478 e. The molecule has 0 saturated carbocycles. The van der Waals surface area contributed by atoms with Gasteiger partial charge in [0.15, 0.2) is 0 Å². The highest BCUT2D eigenvalue weighted by molar-refractivity contribution is 6.17. The molecule has 0 atom stereocenters. The van der Waals surface area contributed by atoms with Crippen LogP contribution in [0.4, 0.5) is 4.39 Å². The van der Waals surface area contributed by atoms with Crippen molar-refractivity contribution < 1.29 is 14.3 Å². The Balaban J connectivity index is 2.30. The van der Waals surface area contributed by atoms with E-state index >= 15 is 0 Å². The van der Waals surface area contributed by atoms with Gasteiger partial charge in [0, 0.05) is 17.6 Å². The standard InChI is InChI=1S/C16H16ClFN2O2/c1-11-9-20(10-19-11)15-5-4-12(8-14(15)18)7-13(16(21)22)3-2-6-17/h4-5,7-10H,2-3,6H2,1H3,(H,21,22). The summed E-state index contributed by atoms with van der Waals surface area (Å²) in [7, 11) is 0. The predicted octanol–water partition coefficient (Wildman–Crippen LogP) is 3.81. The molecule has 0 saturated heterocycles. The van der Waals surface area contributed by atoms with Crippen LogP contribution < -0.4 is 0 Å². The number of carboxylic acid groups (broad SMARTS) is 1. The molecule has 0 aliphatic rings. The number of aliphatic carboxylic acids is 1. The Morgan fingerprint density at radius 2 is 2.27 bits per heavy atom. The van der Waals surface area contributed by atoms with E-state index in [4.69, 9.17) is 16.7 Å². The summed E-state index contributed by atoms with van der Waals surface area (Å²) in [4.78, 5) is 15.2. The maximum Gasteiger partial charge on any atom is 0.331 e. The summed E-state index contributed by atoms with van der Waals surface area (Å²) < 4.78 is 15.8. The second-order valence-electron chi connectivity index (χ2n) is 4.90. The normalized spacial score (nSPS) is 11.7. The fourth-order valence-electron chi connectivity index (χ4n) is 2.07. The number of rotatable bonds is 6. The molecule has 6 heteroatoms. The minimum atomic E-state index is -1.01. The number of benzene rings is 1. The summed E-state index contributed by atoms with van der Waals surface area (Å²) in [6, 6.07) is 4.59. The van der Waals surface area contributed by atoms with Crippen LogP contribution in [-0.2, 0) is 4.79 Å². The van der Waals surface area contributed by atoms with Crippen molar-refractivity contribution in [3.8, 4) is 5.69 Å². The summed E-state index contributed by atoms with van der Waals surface area (Å²) in [5, 5.41) is 9.15. The summed E-state index contributed by atoms with van der Waals surface area (Å²) >= 11 is 5.58. The molecule has 116 valence electrons. The lowest BCUT2D eigenvalue weighted by atomic mass is 10.1. The van der Waals surface area contributed by atoms with Crippen LogP contribution >= 0.6 is 11.6 Å². The second kappa shape index (κ2) is 7.22. The van der Waals surface area contributed by atoms with Crippen molar-refractivity contribution in [2.45, 2.75) is 19.8 Å². The van der Waals surface area contributed by atoms with E-state index in [2.05, 4.69) is 4.98 Å². The number of nitrogens with zero attached hydrogens (tertiary/aromatic N) is 2. The number of imidazole rings is 1. The van der Waals surface area contributed by atoms with Gasteiger partial charge in [-0.05, 0) is 43.5 Å². The highest BCUT2D eigenvalue weighted by Crippen LogP contribution is 2.19. The molecule has 0 unspecified atom stereocenters. The number of halogens is 2. The third-order valence-electron chi connectivity index (χ3n) is 3.16. The van der Waals surface area contributed by atoms with E-state index in [0.29, 0.717) is 30.0 Å². The number of alkyl halides is 1. The van der Waals surface area contributed by atoms with Crippen LogP contribution in [0, 0.1) is 12.7 Å². The van der Waals surface area contributed by atoms with Crippen molar-refractivity contribution in [2.75, 3.05) is 5.88 Å². The molecule has 2 aromatic rings. The molecule has 0 aliphatic carbocycles. The fourth-order valence-corrected chi connectivity index (χ4v) is 2.21. The first-order chi connectivity index (χ1) is 10.5. The lowest BCUT2D eigenvalue weighted by molar-refractivity contribution is -0.132. The minimum Gasteiger partial charge on any atom is -0.478 e. The van der Waals surface area contributed by atoms with Crippen LogP contribution in [0.1, 0.15) is 24.1 Å². The molecule has 0 bridgehead atoms. The van der Waals surface area contributed by atoms with Crippen LogP contribution in [0.5, 0.6) is 0 Å². The lowest BCUT2D eigenvalue weighted by Crippen LogP contribution is -2.01. The Morgan fingerprint density at radius 3 is 2.82 bits per heavy atom. The van der Waals surface area contributed by atoms with Crippen molar-refractivity contribution in [3.63, 3.8) is 0 Å². The third kappa shape index (κ3) is 3.95. The molecule has 1 aromatic heterocycles. The van der Waals surface area contributed by atoms with Crippen LogP contribution in [0.15, 0.2) is 36.3 Å². The van der Waals surface area contributed by atoms with Gasteiger partial charge in [-0.25, -0.2) is 14.2 Å². The first-order valence-electron chi connectivity index (χ1n) is 6.81. The maximum atomic E-state index is 14.2. The number of hydrogen-bond acceptors (Lipinski definition) is 2. The number of hydrogen-bond donors (Lipinski definition) is 1. The van der Waals surface area contributed by atoms with E-state index in [1.54, 1.807) is 22.9 Å². The molecule has 0 radical (unpaired) electrons. The molecular weight excluding hydrogens is 307 g/mol. The van der Waals surface area contributed by atoms with Crippen molar-refractivity contribution in [1.29, 1.82) is 0 Å². The Bertz CT molecular complexity index is 710. The zero-order chi connectivity index (χ0) is 16.1.